The van der Waals surface area contributed by atoms with Crippen LogP contribution >= 0.6 is 0 Å². The quantitative estimate of drug-likeness (QED) is 0.430. The zero-order valence-electron chi connectivity index (χ0n) is 10.2. The summed E-state index contributed by atoms with van der Waals surface area (Å²) >= 11 is 0. The Kier molecular flexibility index (Phi) is 5.29. The highest BCUT2D eigenvalue weighted by molar-refractivity contribution is 5.73. The Balaban J connectivity index is 2.85. The third kappa shape index (κ3) is 3.96. The zero-order chi connectivity index (χ0) is 12.7. The summed E-state index contributed by atoms with van der Waals surface area (Å²) in [5.74, 6) is 0.767. The van der Waals surface area contributed by atoms with Crippen LogP contribution in [0, 0.1) is 0 Å². The van der Waals surface area contributed by atoms with Crippen molar-refractivity contribution in [3.05, 3.63) is 23.8 Å². The van der Waals surface area contributed by atoms with Gasteiger partial charge in [-0.15, -0.1) is 0 Å². The summed E-state index contributed by atoms with van der Waals surface area (Å²) in [6, 6.07) is 5.14. The molecular formula is C12H16O5. The number of carbonyl (C=O) groups is 1. The van der Waals surface area contributed by atoms with E-state index in [1.807, 2.05) is 0 Å². The molecule has 0 spiro atoms. The van der Waals surface area contributed by atoms with Gasteiger partial charge in [-0.25, -0.2) is 0 Å². The molecule has 0 aliphatic carbocycles. The number of hydrogen-bond acceptors (Lipinski definition) is 5. The first-order valence-corrected chi connectivity index (χ1v) is 5.24. The van der Waals surface area contributed by atoms with E-state index >= 15 is 0 Å². The average Bonchev–Trinajstić information content (AvgIpc) is 2.32. The first-order valence-electron chi connectivity index (χ1n) is 5.24. The molecule has 0 aromatic heterocycles. The molecule has 1 aromatic carbocycles. The first kappa shape index (κ1) is 13.3. The minimum absolute atomic E-state index is 0.135. The number of benzene rings is 1. The van der Waals surface area contributed by atoms with E-state index in [1.54, 1.807) is 32.2 Å². The monoisotopic (exact) mass is 240 g/mol. The zero-order valence-corrected chi connectivity index (χ0v) is 10.2. The summed E-state index contributed by atoms with van der Waals surface area (Å²) < 4.78 is 9.93. The molecule has 0 aliphatic rings. The van der Waals surface area contributed by atoms with Gasteiger partial charge in [0.05, 0.1) is 27.2 Å². The van der Waals surface area contributed by atoms with Crippen LogP contribution in [0.15, 0.2) is 18.2 Å². The highest BCUT2D eigenvalue weighted by atomic mass is 17.2. The molecule has 0 bridgehead atoms. The Bertz CT molecular complexity index is 375. The lowest BCUT2D eigenvalue weighted by Crippen LogP contribution is -2.09. The average molecular weight is 240 g/mol. The van der Waals surface area contributed by atoms with Crippen LogP contribution in [0.3, 0.4) is 0 Å². The molecule has 1 aromatic rings. The van der Waals surface area contributed by atoms with Crippen molar-refractivity contribution < 1.29 is 24.0 Å². The van der Waals surface area contributed by atoms with E-state index in [9.17, 15) is 4.79 Å². The van der Waals surface area contributed by atoms with Crippen molar-refractivity contribution in [2.75, 3.05) is 20.8 Å². The normalized spacial score (nSPS) is 9.82. The molecular weight excluding hydrogens is 224 g/mol. The second kappa shape index (κ2) is 6.75. The lowest BCUT2D eigenvalue weighted by Gasteiger charge is -2.09. The Labute approximate surface area is 100 Å². The molecule has 17 heavy (non-hydrogen) atoms. The third-order valence-corrected chi connectivity index (χ3v) is 2.09. The van der Waals surface area contributed by atoms with Crippen LogP contribution in [-0.4, -0.2) is 26.8 Å². The van der Waals surface area contributed by atoms with Gasteiger partial charge in [-0.3, -0.25) is 4.79 Å². The van der Waals surface area contributed by atoms with Crippen LogP contribution in [-0.2, 0) is 20.8 Å². The van der Waals surface area contributed by atoms with Crippen LogP contribution < -0.4 is 9.62 Å². The number of esters is 1. The third-order valence-electron chi connectivity index (χ3n) is 2.09. The molecule has 5 nitrogen and oxygen atoms in total. The van der Waals surface area contributed by atoms with Gasteiger partial charge in [0.25, 0.3) is 0 Å². The Morgan fingerprint density at radius 3 is 2.65 bits per heavy atom. The molecule has 0 saturated heterocycles. The number of ether oxygens (including phenoxy) is 2. The molecule has 1 rings (SSSR count). The van der Waals surface area contributed by atoms with E-state index in [4.69, 9.17) is 14.4 Å². The summed E-state index contributed by atoms with van der Waals surface area (Å²) in [6.45, 7) is 2.12. The van der Waals surface area contributed by atoms with Crippen molar-refractivity contribution in [3.8, 4) is 11.5 Å². The fourth-order valence-corrected chi connectivity index (χ4v) is 1.34. The summed E-state index contributed by atoms with van der Waals surface area (Å²) in [4.78, 5) is 20.9. The van der Waals surface area contributed by atoms with Gasteiger partial charge in [-0.05, 0) is 13.0 Å². The van der Waals surface area contributed by atoms with E-state index in [0.717, 1.165) is 0 Å². The van der Waals surface area contributed by atoms with Crippen molar-refractivity contribution in [1.82, 2.24) is 0 Å². The summed E-state index contributed by atoms with van der Waals surface area (Å²) in [6.07, 6.45) is 0.135. The molecule has 0 atom stereocenters. The van der Waals surface area contributed by atoms with Crippen molar-refractivity contribution in [2.24, 2.45) is 0 Å². The standard InChI is InChI=1S/C12H16O5/c1-4-16-12(13)7-9-5-6-10(14-2)8-11(9)17-15-3/h5-6,8H,4,7H2,1-3H3. The number of methoxy groups -OCH3 is 1. The van der Waals surface area contributed by atoms with Gasteiger partial charge in [-0.2, -0.15) is 4.89 Å². The topological polar surface area (TPSA) is 54.0 Å². The molecule has 0 radical (unpaired) electrons. The first-order chi connectivity index (χ1) is 8.21. The largest absolute Gasteiger partial charge is 0.497 e. The van der Waals surface area contributed by atoms with E-state index in [-0.39, 0.29) is 12.4 Å². The number of carbonyl (C=O) groups excluding carboxylic acids is 1. The second-order valence-corrected chi connectivity index (χ2v) is 3.21. The Morgan fingerprint density at radius 1 is 1.29 bits per heavy atom. The predicted molar refractivity (Wildman–Crippen MR) is 61.0 cm³/mol. The fraction of sp³-hybridized carbons (Fsp3) is 0.417. The Morgan fingerprint density at radius 2 is 2.06 bits per heavy atom. The van der Waals surface area contributed by atoms with E-state index in [0.29, 0.717) is 23.7 Å². The molecule has 94 valence electrons. The van der Waals surface area contributed by atoms with Gasteiger partial charge in [0.1, 0.15) is 5.75 Å². The molecule has 0 aliphatic heterocycles. The van der Waals surface area contributed by atoms with Crippen LogP contribution in [0.25, 0.3) is 0 Å². The van der Waals surface area contributed by atoms with Crippen LogP contribution in [0.4, 0.5) is 0 Å². The van der Waals surface area contributed by atoms with E-state index in [1.165, 1.54) is 7.11 Å². The van der Waals surface area contributed by atoms with Gasteiger partial charge >= 0.3 is 5.97 Å². The van der Waals surface area contributed by atoms with E-state index < -0.39 is 0 Å². The minimum Gasteiger partial charge on any atom is -0.497 e. The fourth-order valence-electron chi connectivity index (χ4n) is 1.34. The Hall–Kier alpha value is -1.75. The van der Waals surface area contributed by atoms with Crippen LogP contribution in [0.1, 0.15) is 12.5 Å². The molecule has 0 amide bonds. The van der Waals surface area contributed by atoms with Crippen molar-refractivity contribution in [2.45, 2.75) is 13.3 Å². The SMILES string of the molecule is CCOC(=O)Cc1ccc(OC)cc1OOC. The molecule has 0 fully saturated rings. The maximum atomic E-state index is 11.4. The number of hydrogen-bond donors (Lipinski definition) is 0. The predicted octanol–water partition coefficient (Wildman–Crippen LogP) is 1.74. The summed E-state index contributed by atoms with van der Waals surface area (Å²) in [5.41, 5.74) is 0.686. The lowest BCUT2D eigenvalue weighted by atomic mass is 10.1. The maximum absolute atomic E-state index is 11.4. The van der Waals surface area contributed by atoms with Crippen molar-refractivity contribution in [1.29, 1.82) is 0 Å². The van der Waals surface area contributed by atoms with Gasteiger partial charge in [0, 0.05) is 11.6 Å². The molecule has 0 N–H and O–H groups in total. The molecule has 0 unspecified atom stereocenters. The summed E-state index contributed by atoms with van der Waals surface area (Å²) in [5, 5.41) is 0. The van der Waals surface area contributed by atoms with Crippen molar-refractivity contribution >= 4 is 5.97 Å². The molecule has 0 heterocycles. The number of rotatable bonds is 6. The van der Waals surface area contributed by atoms with E-state index in [2.05, 4.69) is 4.89 Å². The highest BCUT2D eigenvalue weighted by Gasteiger charge is 2.11. The molecule has 0 saturated carbocycles. The smallest absolute Gasteiger partial charge is 0.310 e. The maximum Gasteiger partial charge on any atom is 0.310 e. The van der Waals surface area contributed by atoms with Gasteiger partial charge in [0.2, 0.25) is 0 Å². The van der Waals surface area contributed by atoms with Crippen LogP contribution in [0.5, 0.6) is 11.5 Å². The van der Waals surface area contributed by atoms with Gasteiger partial charge in [-0.1, -0.05) is 6.07 Å². The highest BCUT2D eigenvalue weighted by Crippen LogP contribution is 2.25. The molecule has 5 heteroatoms. The van der Waals surface area contributed by atoms with Crippen molar-refractivity contribution in [3.63, 3.8) is 0 Å². The lowest BCUT2D eigenvalue weighted by molar-refractivity contribution is -0.179. The van der Waals surface area contributed by atoms with Gasteiger partial charge in [0.15, 0.2) is 5.75 Å². The minimum atomic E-state index is -0.307. The van der Waals surface area contributed by atoms with Gasteiger partial charge < -0.3 is 14.4 Å². The van der Waals surface area contributed by atoms with Crippen LogP contribution in [0.2, 0.25) is 0 Å². The summed E-state index contributed by atoms with van der Waals surface area (Å²) in [7, 11) is 2.95. The second-order valence-electron chi connectivity index (χ2n) is 3.21.